The number of halogens is 1. The van der Waals surface area contributed by atoms with E-state index in [4.69, 9.17) is 16.3 Å². The predicted molar refractivity (Wildman–Crippen MR) is 71.2 cm³/mol. The summed E-state index contributed by atoms with van der Waals surface area (Å²) in [6, 6.07) is 1.82. The van der Waals surface area contributed by atoms with Crippen molar-refractivity contribution in [2.45, 2.75) is 26.7 Å². The van der Waals surface area contributed by atoms with Gasteiger partial charge < -0.3 is 9.64 Å². The monoisotopic (exact) mass is 257 g/mol. The average Bonchev–Trinajstić information content (AvgIpc) is 2.33. The van der Waals surface area contributed by atoms with Gasteiger partial charge in [0.2, 0.25) is 11.8 Å². The van der Waals surface area contributed by atoms with Crippen molar-refractivity contribution < 1.29 is 4.74 Å². The predicted octanol–water partition coefficient (Wildman–Crippen LogP) is 2.64. The highest BCUT2D eigenvalue weighted by Gasteiger charge is 2.10. The Kier molecular flexibility index (Phi) is 6.05. The van der Waals surface area contributed by atoms with E-state index in [1.165, 1.54) is 0 Å². The fourth-order valence-electron chi connectivity index (χ4n) is 1.53. The minimum absolute atomic E-state index is 0.573. The highest BCUT2D eigenvalue weighted by molar-refractivity contribution is 6.18. The van der Waals surface area contributed by atoms with Crippen molar-refractivity contribution in [2.24, 2.45) is 0 Å². The number of nitrogens with zero attached hydrogens (tertiary/aromatic N) is 3. The van der Waals surface area contributed by atoms with E-state index in [0.29, 0.717) is 17.7 Å². The smallest absolute Gasteiger partial charge is 0.228 e. The zero-order chi connectivity index (χ0) is 12.7. The molecule has 1 aromatic rings. The molecule has 0 N–H and O–H groups in total. The summed E-state index contributed by atoms with van der Waals surface area (Å²) in [5.41, 5.74) is 0.905. The second-order valence-electron chi connectivity index (χ2n) is 3.88. The van der Waals surface area contributed by atoms with Crippen LogP contribution in [0.25, 0.3) is 0 Å². The molecule has 5 heteroatoms. The molecule has 1 rings (SSSR count). The Balaban J connectivity index is 2.87. The van der Waals surface area contributed by atoms with Crippen LogP contribution in [0.4, 0.5) is 5.95 Å². The van der Waals surface area contributed by atoms with E-state index in [9.17, 15) is 0 Å². The molecule has 0 saturated heterocycles. The zero-order valence-corrected chi connectivity index (χ0v) is 11.5. The number of ether oxygens (including phenoxy) is 1. The second-order valence-corrected chi connectivity index (χ2v) is 4.26. The lowest BCUT2D eigenvalue weighted by Gasteiger charge is -2.21. The molecule has 0 spiro atoms. The Labute approximate surface area is 108 Å². The van der Waals surface area contributed by atoms with Crippen LogP contribution in [0.5, 0.6) is 5.88 Å². The first kappa shape index (κ1) is 14.0. The molecular formula is C12H20ClN3O. The molecule has 96 valence electrons. The van der Waals surface area contributed by atoms with Crippen LogP contribution in [0, 0.1) is 6.92 Å². The van der Waals surface area contributed by atoms with Crippen molar-refractivity contribution in [3.63, 3.8) is 0 Å². The minimum atomic E-state index is 0.573. The lowest BCUT2D eigenvalue weighted by atomic mass is 10.3. The molecule has 17 heavy (non-hydrogen) atoms. The molecule has 0 bridgehead atoms. The molecule has 0 saturated carbocycles. The van der Waals surface area contributed by atoms with Gasteiger partial charge in [0.05, 0.1) is 7.11 Å². The maximum Gasteiger partial charge on any atom is 0.228 e. The molecule has 1 heterocycles. The van der Waals surface area contributed by atoms with Crippen molar-refractivity contribution >= 4 is 17.5 Å². The van der Waals surface area contributed by atoms with Gasteiger partial charge in [-0.25, -0.2) is 4.98 Å². The highest BCUT2D eigenvalue weighted by atomic mass is 35.5. The zero-order valence-electron chi connectivity index (χ0n) is 10.7. The van der Waals surface area contributed by atoms with Crippen LogP contribution in [-0.4, -0.2) is 36.0 Å². The number of alkyl halides is 1. The van der Waals surface area contributed by atoms with Gasteiger partial charge in [-0.3, -0.25) is 0 Å². The molecule has 4 nitrogen and oxygen atoms in total. The van der Waals surface area contributed by atoms with Crippen molar-refractivity contribution in [3.8, 4) is 5.88 Å². The number of rotatable bonds is 7. The number of aromatic nitrogens is 2. The van der Waals surface area contributed by atoms with Gasteiger partial charge in [0.15, 0.2) is 0 Å². The summed E-state index contributed by atoms with van der Waals surface area (Å²) in [7, 11) is 1.61. The Morgan fingerprint density at radius 1 is 1.35 bits per heavy atom. The lowest BCUT2D eigenvalue weighted by molar-refractivity contribution is 0.396. The Bertz CT molecular complexity index is 347. The first-order valence-corrected chi connectivity index (χ1v) is 6.45. The number of hydrogen-bond acceptors (Lipinski definition) is 4. The largest absolute Gasteiger partial charge is 0.481 e. The molecule has 1 aromatic heterocycles. The lowest BCUT2D eigenvalue weighted by Crippen LogP contribution is -2.28. The van der Waals surface area contributed by atoms with Crippen LogP contribution in [-0.2, 0) is 0 Å². The van der Waals surface area contributed by atoms with Gasteiger partial charge in [0.25, 0.3) is 0 Å². The third-order valence-electron chi connectivity index (χ3n) is 2.45. The quantitative estimate of drug-likeness (QED) is 0.704. The van der Waals surface area contributed by atoms with Crippen LogP contribution in [0.1, 0.15) is 25.5 Å². The van der Waals surface area contributed by atoms with Gasteiger partial charge in [-0.2, -0.15) is 4.98 Å². The molecule has 0 aliphatic heterocycles. The maximum absolute atomic E-state index is 5.81. The molecule has 0 aliphatic carbocycles. The molecule has 0 aromatic carbocycles. The minimum Gasteiger partial charge on any atom is -0.481 e. The summed E-state index contributed by atoms with van der Waals surface area (Å²) in [5, 5.41) is 0. The van der Waals surface area contributed by atoms with E-state index in [-0.39, 0.29) is 0 Å². The Morgan fingerprint density at radius 2 is 2.12 bits per heavy atom. The van der Waals surface area contributed by atoms with Crippen molar-refractivity contribution in [2.75, 3.05) is 31.0 Å². The number of hydrogen-bond donors (Lipinski definition) is 0. The van der Waals surface area contributed by atoms with Crippen LogP contribution < -0.4 is 9.64 Å². The van der Waals surface area contributed by atoms with Crippen LogP contribution in [0.3, 0.4) is 0 Å². The van der Waals surface area contributed by atoms with Gasteiger partial charge in [-0.15, -0.1) is 11.6 Å². The van der Waals surface area contributed by atoms with Crippen LogP contribution in [0.2, 0.25) is 0 Å². The topological polar surface area (TPSA) is 38.2 Å². The normalized spacial score (nSPS) is 10.4. The molecule has 0 amide bonds. The number of anilines is 1. The summed E-state index contributed by atoms with van der Waals surface area (Å²) in [6.45, 7) is 5.78. The molecule has 0 atom stereocenters. The van der Waals surface area contributed by atoms with E-state index in [1.54, 1.807) is 7.11 Å². The third kappa shape index (κ3) is 4.38. The number of aryl methyl sites for hydroxylation is 1. The second kappa shape index (κ2) is 7.33. The SMILES string of the molecule is CCCCN(CCCl)c1nc(C)cc(OC)n1. The molecule has 0 radical (unpaired) electrons. The Hall–Kier alpha value is -1.03. The van der Waals surface area contributed by atoms with Crippen molar-refractivity contribution in [1.29, 1.82) is 0 Å². The van der Waals surface area contributed by atoms with Crippen molar-refractivity contribution in [1.82, 2.24) is 9.97 Å². The van der Waals surface area contributed by atoms with Gasteiger partial charge >= 0.3 is 0 Å². The maximum atomic E-state index is 5.81. The molecule has 0 fully saturated rings. The van der Waals surface area contributed by atoms with E-state index in [1.807, 2.05) is 13.0 Å². The summed E-state index contributed by atoms with van der Waals surface area (Å²) in [5.74, 6) is 1.88. The van der Waals surface area contributed by atoms with Crippen LogP contribution in [0.15, 0.2) is 6.07 Å². The van der Waals surface area contributed by atoms with Gasteiger partial charge in [0.1, 0.15) is 0 Å². The van der Waals surface area contributed by atoms with E-state index in [0.717, 1.165) is 31.6 Å². The molecular weight excluding hydrogens is 238 g/mol. The van der Waals surface area contributed by atoms with Gasteiger partial charge in [-0.1, -0.05) is 13.3 Å². The highest BCUT2D eigenvalue weighted by Crippen LogP contribution is 2.15. The summed E-state index contributed by atoms with van der Waals surface area (Å²) < 4.78 is 5.16. The van der Waals surface area contributed by atoms with Crippen molar-refractivity contribution in [3.05, 3.63) is 11.8 Å². The summed E-state index contributed by atoms with van der Waals surface area (Å²) in [6.07, 6.45) is 2.25. The van der Waals surface area contributed by atoms with Crippen LogP contribution >= 0.6 is 11.6 Å². The van der Waals surface area contributed by atoms with Gasteiger partial charge in [0, 0.05) is 30.7 Å². The first-order valence-electron chi connectivity index (χ1n) is 5.91. The first-order chi connectivity index (χ1) is 8.21. The van der Waals surface area contributed by atoms with E-state index < -0.39 is 0 Å². The third-order valence-corrected chi connectivity index (χ3v) is 2.62. The van der Waals surface area contributed by atoms with E-state index in [2.05, 4.69) is 21.8 Å². The summed E-state index contributed by atoms with van der Waals surface area (Å²) in [4.78, 5) is 10.9. The molecule has 0 unspecified atom stereocenters. The number of unbranched alkanes of at least 4 members (excludes halogenated alkanes) is 1. The fraction of sp³-hybridized carbons (Fsp3) is 0.667. The fourth-order valence-corrected chi connectivity index (χ4v) is 1.74. The average molecular weight is 258 g/mol. The summed E-state index contributed by atoms with van der Waals surface area (Å²) >= 11 is 5.81. The standard InChI is InChI=1S/C12H20ClN3O/c1-4-5-7-16(8-6-13)12-14-10(2)9-11(15-12)17-3/h9H,4-8H2,1-3H3. The van der Waals surface area contributed by atoms with Gasteiger partial charge in [-0.05, 0) is 13.3 Å². The molecule has 0 aliphatic rings. The Morgan fingerprint density at radius 3 is 2.71 bits per heavy atom. The van der Waals surface area contributed by atoms with E-state index >= 15 is 0 Å². The number of methoxy groups -OCH3 is 1.